The van der Waals surface area contributed by atoms with Crippen molar-refractivity contribution in [1.29, 1.82) is 0 Å². The number of hydrogen-bond donors (Lipinski definition) is 2. The summed E-state index contributed by atoms with van der Waals surface area (Å²) in [6.45, 7) is 10.1. The van der Waals surface area contributed by atoms with Crippen LogP contribution in [-0.4, -0.2) is 47.0 Å². The standard InChI is InChI=1S/C31H43N3O4/c1-6-7-14-19-32-28(35)27(24-17-12-9-13-18-24)34(26-20-22(26)2)29(36)25(21-23-15-10-8-11-16-23)33-30(37)38-31(3,4)5/h8-13,15-18,22,25-27H,6-7,14,19-21H2,1-5H3,(H,32,35)(H,33,37). The molecule has 1 fully saturated rings. The van der Waals surface area contributed by atoms with E-state index in [0.29, 0.717) is 6.54 Å². The zero-order valence-corrected chi connectivity index (χ0v) is 23.4. The number of nitrogens with one attached hydrogen (secondary N) is 2. The maximum Gasteiger partial charge on any atom is 0.408 e. The average molecular weight is 522 g/mol. The Morgan fingerprint density at radius 2 is 1.61 bits per heavy atom. The zero-order valence-electron chi connectivity index (χ0n) is 23.4. The third-order valence-electron chi connectivity index (χ3n) is 6.67. The molecular formula is C31H43N3O4. The molecule has 1 aliphatic rings. The van der Waals surface area contributed by atoms with Gasteiger partial charge < -0.3 is 20.3 Å². The lowest BCUT2D eigenvalue weighted by atomic mass is 10.00. The first kappa shape index (κ1) is 29.2. The van der Waals surface area contributed by atoms with Gasteiger partial charge in [-0.25, -0.2) is 4.79 Å². The normalized spacial score (nSPS) is 18.1. The highest BCUT2D eigenvalue weighted by molar-refractivity contribution is 5.92. The van der Waals surface area contributed by atoms with Gasteiger partial charge in [-0.05, 0) is 50.7 Å². The third kappa shape index (κ3) is 8.61. The van der Waals surface area contributed by atoms with E-state index in [9.17, 15) is 14.4 Å². The first-order valence-electron chi connectivity index (χ1n) is 13.8. The van der Waals surface area contributed by atoms with E-state index in [0.717, 1.165) is 36.8 Å². The van der Waals surface area contributed by atoms with Crippen LogP contribution in [0.3, 0.4) is 0 Å². The second-order valence-corrected chi connectivity index (χ2v) is 11.2. The predicted molar refractivity (Wildman–Crippen MR) is 149 cm³/mol. The highest BCUT2D eigenvalue weighted by Gasteiger charge is 2.48. The van der Waals surface area contributed by atoms with Crippen molar-refractivity contribution >= 4 is 17.9 Å². The van der Waals surface area contributed by atoms with Crippen molar-refractivity contribution in [3.8, 4) is 0 Å². The average Bonchev–Trinajstić information content (AvgIpc) is 3.59. The first-order valence-corrected chi connectivity index (χ1v) is 13.8. The van der Waals surface area contributed by atoms with Gasteiger partial charge in [0.15, 0.2) is 0 Å². The Morgan fingerprint density at radius 3 is 2.16 bits per heavy atom. The van der Waals surface area contributed by atoms with Crippen molar-refractivity contribution in [2.75, 3.05) is 6.54 Å². The van der Waals surface area contributed by atoms with Crippen LogP contribution in [-0.2, 0) is 20.7 Å². The summed E-state index contributed by atoms with van der Waals surface area (Å²) >= 11 is 0. The summed E-state index contributed by atoms with van der Waals surface area (Å²) in [5.41, 5.74) is 0.953. The number of rotatable bonds is 12. The molecule has 0 spiro atoms. The molecule has 0 aliphatic heterocycles. The number of benzene rings is 2. The zero-order chi connectivity index (χ0) is 27.7. The fourth-order valence-electron chi connectivity index (χ4n) is 4.61. The number of unbranched alkanes of at least 4 members (excludes halogenated alkanes) is 2. The van der Waals surface area contributed by atoms with E-state index < -0.39 is 23.8 Å². The van der Waals surface area contributed by atoms with Gasteiger partial charge in [0.1, 0.15) is 17.7 Å². The van der Waals surface area contributed by atoms with Gasteiger partial charge in [-0.1, -0.05) is 87.4 Å². The maximum atomic E-state index is 14.3. The highest BCUT2D eigenvalue weighted by atomic mass is 16.6. The van der Waals surface area contributed by atoms with Gasteiger partial charge in [0.05, 0.1) is 0 Å². The molecule has 0 saturated heterocycles. The Bertz CT molecular complexity index is 1050. The Balaban J connectivity index is 1.95. The fraction of sp³-hybridized carbons (Fsp3) is 0.516. The van der Waals surface area contributed by atoms with Crippen LogP contribution in [0.2, 0.25) is 0 Å². The first-order chi connectivity index (χ1) is 18.1. The van der Waals surface area contributed by atoms with Crippen LogP contribution in [0.1, 0.15) is 77.5 Å². The molecule has 38 heavy (non-hydrogen) atoms. The molecule has 3 rings (SSSR count). The Morgan fingerprint density at radius 1 is 1.00 bits per heavy atom. The molecule has 7 heteroatoms. The number of amides is 3. The summed E-state index contributed by atoms with van der Waals surface area (Å²) in [6, 6.07) is 17.2. The van der Waals surface area contributed by atoms with E-state index in [-0.39, 0.29) is 30.2 Å². The van der Waals surface area contributed by atoms with Crippen LogP contribution in [0.5, 0.6) is 0 Å². The molecule has 3 amide bonds. The van der Waals surface area contributed by atoms with Crippen molar-refractivity contribution in [3.05, 3.63) is 71.8 Å². The predicted octanol–water partition coefficient (Wildman–Crippen LogP) is 5.41. The summed E-state index contributed by atoms with van der Waals surface area (Å²) in [5.74, 6) is -0.223. The third-order valence-corrected chi connectivity index (χ3v) is 6.67. The van der Waals surface area contributed by atoms with Gasteiger partial charge in [0, 0.05) is 19.0 Å². The van der Waals surface area contributed by atoms with Gasteiger partial charge in [0.25, 0.3) is 0 Å². The summed E-state index contributed by atoms with van der Waals surface area (Å²) in [4.78, 5) is 42.6. The van der Waals surface area contributed by atoms with E-state index in [1.807, 2.05) is 60.7 Å². The van der Waals surface area contributed by atoms with Crippen LogP contribution in [0, 0.1) is 5.92 Å². The fourth-order valence-corrected chi connectivity index (χ4v) is 4.61. The summed E-state index contributed by atoms with van der Waals surface area (Å²) in [5, 5.41) is 5.89. The SMILES string of the molecule is CCCCCNC(=O)C(c1ccccc1)N(C(=O)C(Cc1ccccc1)NC(=O)OC(C)(C)C)C1CC1C. The molecule has 0 bridgehead atoms. The van der Waals surface area contributed by atoms with Crippen LogP contribution in [0.15, 0.2) is 60.7 Å². The summed E-state index contributed by atoms with van der Waals surface area (Å²) in [7, 11) is 0. The van der Waals surface area contributed by atoms with E-state index in [1.165, 1.54) is 0 Å². The number of carbonyl (C=O) groups excluding carboxylic acids is 3. The van der Waals surface area contributed by atoms with Crippen LogP contribution < -0.4 is 10.6 Å². The second-order valence-electron chi connectivity index (χ2n) is 11.2. The molecule has 4 atom stereocenters. The van der Waals surface area contributed by atoms with E-state index in [4.69, 9.17) is 4.74 Å². The van der Waals surface area contributed by atoms with Gasteiger partial charge in [-0.3, -0.25) is 9.59 Å². The molecule has 4 unspecified atom stereocenters. The molecule has 1 aliphatic carbocycles. The second kappa shape index (κ2) is 13.4. The van der Waals surface area contributed by atoms with Crippen molar-refractivity contribution in [1.82, 2.24) is 15.5 Å². The lowest BCUT2D eigenvalue weighted by Crippen LogP contribution is -2.54. The number of ether oxygens (including phenoxy) is 1. The maximum absolute atomic E-state index is 14.3. The topological polar surface area (TPSA) is 87.7 Å². The number of nitrogens with zero attached hydrogens (tertiary/aromatic N) is 1. The minimum Gasteiger partial charge on any atom is -0.444 e. The number of alkyl carbamates (subject to hydrolysis) is 1. The number of carbonyl (C=O) groups is 3. The van der Waals surface area contributed by atoms with Crippen LogP contribution >= 0.6 is 0 Å². The van der Waals surface area contributed by atoms with E-state index >= 15 is 0 Å². The molecule has 2 aromatic carbocycles. The van der Waals surface area contributed by atoms with Crippen molar-refractivity contribution in [2.45, 2.75) is 90.4 Å². The molecule has 2 N–H and O–H groups in total. The smallest absolute Gasteiger partial charge is 0.408 e. The molecule has 1 saturated carbocycles. The molecular weight excluding hydrogens is 478 g/mol. The van der Waals surface area contributed by atoms with Gasteiger partial charge >= 0.3 is 6.09 Å². The molecule has 0 radical (unpaired) electrons. The van der Waals surface area contributed by atoms with Crippen LogP contribution in [0.25, 0.3) is 0 Å². The van der Waals surface area contributed by atoms with Crippen LogP contribution in [0.4, 0.5) is 4.79 Å². The highest BCUT2D eigenvalue weighted by Crippen LogP contribution is 2.40. The van der Waals surface area contributed by atoms with E-state index in [2.05, 4.69) is 24.5 Å². The minimum absolute atomic E-state index is 0.0900. The summed E-state index contributed by atoms with van der Waals surface area (Å²) < 4.78 is 5.50. The largest absolute Gasteiger partial charge is 0.444 e. The molecule has 0 heterocycles. The van der Waals surface area contributed by atoms with Gasteiger partial charge in [-0.15, -0.1) is 0 Å². The van der Waals surface area contributed by atoms with E-state index in [1.54, 1.807) is 25.7 Å². The Hall–Kier alpha value is -3.35. The monoisotopic (exact) mass is 521 g/mol. The van der Waals surface area contributed by atoms with Crippen molar-refractivity contribution in [3.63, 3.8) is 0 Å². The molecule has 0 aromatic heterocycles. The molecule has 7 nitrogen and oxygen atoms in total. The summed E-state index contributed by atoms with van der Waals surface area (Å²) in [6.07, 6.45) is 3.40. The van der Waals surface area contributed by atoms with Crippen molar-refractivity contribution < 1.29 is 19.1 Å². The molecule has 2 aromatic rings. The number of hydrogen-bond acceptors (Lipinski definition) is 4. The van der Waals surface area contributed by atoms with Crippen molar-refractivity contribution in [2.24, 2.45) is 5.92 Å². The molecule has 206 valence electrons. The lowest BCUT2D eigenvalue weighted by Gasteiger charge is -2.35. The van der Waals surface area contributed by atoms with Gasteiger partial charge in [0.2, 0.25) is 11.8 Å². The minimum atomic E-state index is -0.890. The Kier molecular flexibility index (Phi) is 10.3. The lowest BCUT2D eigenvalue weighted by molar-refractivity contribution is -0.143. The van der Waals surface area contributed by atoms with Gasteiger partial charge in [-0.2, -0.15) is 0 Å². The quantitative estimate of drug-likeness (QED) is 0.366. The Labute approximate surface area is 227 Å².